The molecule has 0 aliphatic carbocycles. The fourth-order valence-corrected chi connectivity index (χ4v) is 3.55. The van der Waals surface area contributed by atoms with E-state index in [9.17, 15) is 4.79 Å². The number of unbranched alkanes of at least 4 members (excludes halogenated alkanes) is 11. The minimum atomic E-state index is -0.347. The Labute approximate surface area is 196 Å². The van der Waals surface area contributed by atoms with Gasteiger partial charge in [-0.3, -0.25) is 9.78 Å². The number of hydrogen-bond donors (Lipinski definition) is 0. The summed E-state index contributed by atoms with van der Waals surface area (Å²) in [7, 11) is 1.56. The Hall–Kier alpha value is -2.23. The summed E-state index contributed by atoms with van der Waals surface area (Å²) in [5.74, 6) is 0.594. The average molecular weight is 445 g/mol. The minimum absolute atomic E-state index is 0.347. The van der Waals surface area contributed by atoms with Crippen molar-refractivity contribution < 1.29 is 19.3 Å². The van der Waals surface area contributed by atoms with Crippen molar-refractivity contribution >= 4 is 5.97 Å². The lowest BCUT2D eigenvalue weighted by atomic mass is 10.1. The molecule has 0 atom stereocenters. The van der Waals surface area contributed by atoms with Gasteiger partial charge in [0.1, 0.15) is 0 Å². The van der Waals surface area contributed by atoms with Crippen molar-refractivity contribution in [1.82, 2.24) is 0 Å². The van der Waals surface area contributed by atoms with Crippen LogP contribution in [0.4, 0.5) is 0 Å². The highest BCUT2D eigenvalue weighted by Crippen LogP contribution is 2.28. The molecular weight excluding hydrogens is 400 g/mol. The lowest BCUT2D eigenvalue weighted by Gasteiger charge is -2.10. The molecule has 4 nitrogen and oxygen atoms in total. The predicted molar refractivity (Wildman–Crippen MR) is 133 cm³/mol. The fourth-order valence-electron chi connectivity index (χ4n) is 3.55. The van der Waals surface area contributed by atoms with Gasteiger partial charge in [-0.15, -0.1) is 6.58 Å². The Morgan fingerprint density at radius 3 is 2.12 bits per heavy atom. The van der Waals surface area contributed by atoms with Crippen molar-refractivity contribution in [1.29, 1.82) is 0 Å². The maximum absolute atomic E-state index is 11.9. The molecule has 0 radical (unpaired) electrons. The van der Waals surface area contributed by atoms with Crippen LogP contribution in [0.3, 0.4) is 0 Å². The first kappa shape index (κ1) is 27.8. The van der Waals surface area contributed by atoms with Gasteiger partial charge >= 0.3 is 5.97 Å². The summed E-state index contributed by atoms with van der Waals surface area (Å²) in [6.45, 7) is 5.99. The van der Waals surface area contributed by atoms with E-state index >= 15 is 0 Å². The van der Waals surface area contributed by atoms with E-state index in [1.54, 1.807) is 13.2 Å². The van der Waals surface area contributed by atoms with Crippen LogP contribution in [0, 0.1) is 0 Å². The summed E-state index contributed by atoms with van der Waals surface area (Å²) in [6.07, 6.45) is 23.6. The minimum Gasteiger partial charge on any atom is -0.493 e. The summed E-state index contributed by atoms with van der Waals surface area (Å²) in [6, 6.07) is 5.50. The monoisotopic (exact) mass is 444 g/mol. The molecule has 0 aliphatic rings. The zero-order valence-corrected chi connectivity index (χ0v) is 20.4. The van der Waals surface area contributed by atoms with Crippen LogP contribution in [-0.2, 0) is 16.1 Å². The van der Waals surface area contributed by atoms with Crippen LogP contribution in [0.15, 0.2) is 43.0 Å². The molecule has 1 rings (SSSR count). The van der Waals surface area contributed by atoms with E-state index < -0.39 is 0 Å². The zero-order valence-electron chi connectivity index (χ0n) is 20.4. The highest BCUT2D eigenvalue weighted by Gasteiger charge is 2.10. The highest BCUT2D eigenvalue weighted by molar-refractivity contribution is 5.68. The van der Waals surface area contributed by atoms with Gasteiger partial charge < -0.3 is 4.74 Å². The Balaban J connectivity index is 2.01. The first-order valence-corrected chi connectivity index (χ1v) is 12.5. The second-order valence-electron chi connectivity index (χ2n) is 8.35. The summed E-state index contributed by atoms with van der Waals surface area (Å²) < 4.78 is 5.30. The lowest BCUT2D eigenvalue weighted by molar-refractivity contribution is -0.214. The maximum atomic E-state index is 11.9. The molecule has 0 aromatic heterocycles. The van der Waals surface area contributed by atoms with Crippen LogP contribution < -0.4 is 9.62 Å². The highest BCUT2D eigenvalue weighted by atomic mass is 17.2. The first-order chi connectivity index (χ1) is 15.7. The van der Waals surface area contributed by atoms with E-state index in [-0.39, 0.29) is 5.97 Å². The van der Waals surface area contributed by atoms with Crippen molar-refractivity contribution in [2.24, 2.45) is 0 Å². The van der Waals surface area contributed by atoms with E-state index in [0.29, 0.717) is 17.9 Å². The molecule has 0 bridgehead atoms. The molecular formula is C28H44O4. The molecule has 0 saturated carbocycles. The third kappa shape index (κ3) is 14.0. The summed E-state index contributed by atoms with van der Waals surface area (Å²) in [4.78, 5) is 22.0. The predicted octanol–water partition coefficient (Wildman–Crippen LogP) is 8.30. The largest absolute Gasteiger partial charge is 0.493 e. The van der Waals surface area contributed by atoms with Gasteiger partial charge in [-0.05, 0) is 56.2 Å². The van der Waals surface area contributed by atoms with Crippen LogP contribution in [0.5, 0.6) is 11.5 Å². The van der Waals surface area contributed by atoms with Gasteiger partial charge in [0.05, 0.1) is 13.5 Å². The van der Waals surface area contributed by atoms with Crippen LogP contribution >= 0.6 is 0 Å². The van der Waals surface area contributed by atoms with Crippen molar-refractivity contribution in [3.05, 3.63) is 48.6 Å². The molecule has 1 aromatic carbocycles. The number of carbonyl (C=O) groups excluding carboxylic acids is 1. The number of ether oxygens (including phenoxy) is 1. The number of hydrogen-bond acceptors (Lipinski definition) is 4. The standard InChI is InChI=1S/C28H44O4/c1-4-6-7-8-9-10-11-12-13-14-15-16-17-18-19-21-28(29)32-31-26-23-22-25(20-5-2)24-27(26)30-3/h5,12-13,22-24H,2,4,6-11,14-21H2,1,3H3/b13-12-. The molecule has 4 heteroatoms. The van der Waals surface area contributed by atoms with Crippen molar-refractivity contribution in [3.63, 3.8) is 0 Å². The Morgan fingerprint density at radius 2 is 1.50 bits per heavy atom. The normalized spacial score (nSPS) is 10.9. The third-order valence-electron chi connectivity index (χ3n) is 5.48. The molecule has 180 valence electrons. The SMILES string of the molecule is C=CCc1ccc(OOC(=O)CCCCCCC/C=C\CCCCCCCC)c(OC)c1. The summed E-state index contributed by atoms with van der Waals surface area (Å²) in [5, 5.41) is 0. The van der Waals surface area contributed by atoms with E-state index in [1.807, 2.05) is 18.2 Å². The molecule has 0 saturated heterocycles. The zero-order chi connectivity index (χ0) is 23.3. The van der Waals surface area contributed by atoms with Crippen LogP contribution in [0.1, 0.15) is 102 Å². The van der Waals surface area contributed by atoms with Gasteiger partial charge in [0.2, 0.25) is 5.75 Å². The van der Waals surface area contributed by atoms with E-state index in [4.69, 9.17) is 14.5 Å². The van der Waals surface area contributed by atoms with Gasteiger partial charge in [0.15, 0.2) is 5.75 Å². The lowest BCUT2D eigenvalue weighted by Crippen LogP contribution is -2.08. The summed E-state index contributed by atoms with van der Waals surface area (Å²) in [5.41, 5.74) is 1.06. The van der Waals surface area contributed by atoms with Gasteiger partial charge in [-0.25, -0.2) is 4.79 Å². The number of allylic oxidation sites excluding steroid dienone is 3. The van der Waals surface area contributed by atoms with E-state index in [0.717, 1.165) is 31.2 Å². The quantitative estimate of drug-likeness (QED) is 0.0878. The van der Waals surface area contributed by atoms with Crippen molar-refractivity contribution in [2.75, 3.05) is 7.11 Å². The fraction of sp³-hybridized carbons (Fsp3) is 0.607. The van der Waals surface area contributed by atoms with Gasteiger partial charge in [-0.1, -0.05) is 82.6 Å². The molecule has 0 aliphatic heterocycles. The third-order valence-corrected chi connectivity index (χ3v) is 5.48. The number of methoxy groups -OCH3 is 1. The van der Waals surface area contributed by atoms with Crippen molar-refractivity contribution in [3.8, 4) is 11.5 Å². The molecule has 1 aromatic rings. The van der Waals surface area contributed by atoms with E-state index in [1.165, 1.54) is 64.2 Å². The molecule has 0 heterocycles. The average Bonchev–Trinajstić information content (AvgIpc) is 2.80. The maximum Gasteiger partial charge on any atom is 0.355 e. The number of rotatable bonds is 20. The Kier molecular flexibility index (Phi) is 16.9. The van der Waals surface area contributed by atoms with Crippen molar-refractivity contribution in [2.45, 2.75) is 103 Å². The molecule has 0 unspecified atom stereocenters. The molecule has 32 heavy (non-hydrogen) atoms. The number of carbonyl (C=O) groups is 1. The number of benzene rings is 1. The smallest absolute Gasteiger partial charge is 0.355 e. The Bertz CT molecular complexity index is 651. The summed E-state index contributed by atoms with van der Waals surface area (Å²) >= 11 is 0. The van der Waals surface area contributed by atoms with Crippen LogP contribution in [-0.4, -0.2) is 13.1 Å². The molecule has 0 spiro atoms. The Morgan fingerprint density at radius 1 is 0.875 bits per heavy atom. The van der Waals surface area contributed by atoms with Gasteiger partial charge in [-0.2, -0.15) is 0 Å². The second-order valence-corrected chi connectivity index (χ2v) is 8.35. The van der Waals surface area contributed by atoms with E-state index in [2.05, 4.69) is 25.7 Å². The van der Waals surface area contributed by atoms with Crippen LogP contribution in [0.2, 0.25) is 0 Å². The van der Waals surface area contributed by atoms with Crippen LogP contribution in [0.25, 0.3) is 0 Å². The molecule has 0 fully saturated rings. The first-order valence-electron chi connectivity index (χ1n) is 12.5. The topological polar surface area (TPSA) is 44.8 Å². The van der Waals surface area contributed by atoms with Gasteiger partial charge in [0.25, 0.3) is 0 Å². The molecule has 0 amide bonds. The second kappa shape index (κ2) is 19.5. The van der Waals surface area contributed by atoms with Gasteiger partial charge in [0, 0.05) is 0 Å². The molecule has 0 N–H and O–H groups in total.